The molecule has 1 aliphatic rings. The van der Waals surface area contributed by atoms with Gasteiger partial charge in [-0.2, -0.15) is 0 Å². The van der Waals surface area contributed by atoms with E-state index >= 15 is 0 Å². The first-order valence-corrected chi connectivity index (χ1v) is 7.32. The first-order chi connectivity index (χ1) is 8.30. The van der Waals surface area contributed by atoms with Gasteiger partial charge in [0.2, 0.25) is 5.91 Å². The summed E-state index contributed by atoms with van der Waals surface area (Å²) < 4.78 is 0. The summed E-state index contributed by atoms with van der Waals surface area (Å²) in [5, 5.41) is 3.38. The molecule has 0 aliphatic carbocycles. The summed E-state index contributed by atoms with van der Waals surface area (Å²) in [6.45, 7) is 13.8. The molecule has 0 aromatic rings. The third-order valence-electron chi connectivity index (χ3n) is 3.97. The number of carbonyl (C=O) groups is 1. The van der Waals surface area contributed by atoms with Crippen molar-refractivity contribution in [3.63, 3.8) is 0 Å². The number of carbonyl (C=O) groups excluding carboxylic acids is 1. The highest BCUT2D eigenvalue weighted by Gasteiger charge is 2.29. The minimum absolute atomic E-state index is 0.326. The lowest BCUT2D eigenvalue weighted by Crippen LogP contribution is -2.38. The Hall–Kier alpha value is -0.570. The van der Waals surface area contributed by atoms with Crippen LogP contribution in [-0.2, 0) is 4.79 Å². The molecule has 18 heavy (non-hydrogen) atoms. The molecule has 1 fully saturated rings. The van der Waals surface area contributed by atoms with Crippen molar-refractivity contribution in [2.75, 3.05) is 19.6 Å². The maximum atomic E-state index is 12.1. The van der Waals surface area contributed by atoms with Gasteiger partial charge < -0.3 is 10.2 Å². The van der Waals surface area contributed by atoms with Gasteiger partial charge in [-0.25, -0.2) is 0 Å². The lowest BCUT2D eigenvalue weighted by atomic mass is 9.77. The number of amides is 1. The van der Waals surface area contributed by atoms with Gasteiger partial charge in [-0.15, -0.1) is 0 Å². The third-order valence-corrected chi connectivity index (χ3v) is 3.97. The number of hydrogen-bond acceptors (Lipinski definition) is 2. The zero-order valence-corrected chi connectivity index (χ0v) is 12.8. The molecular formula is C15H30N2O. The fourth-order valence-electron chi connectivity index (χ4n) is 2.63. The molecule has 1 aliphatic heterocycles. The number of nitrogens with zero attached hydrogens (tertiary/aromatic N) is 1. The highest BCUT2D eigenvalue weighted by atomic mass is 16.2. The smallest absolute Gasteiger partial charge is 0.222 e. The molecule has 0 radical (unpaired) electrons. The van der Waals surface area contributed by atoms with Gasteiger partial charge in [0.05, 0.1) is 0 Å². The lowest BCUT2D eigenvalue weighted by Gasteiger charge is -2.29. The SMILES string of the molecule is CC(C)NCCN1CCC(C(C)(C)C)CCC1=O. The fourth-order valence-corrected chi connectivity index (χ4v) is 2.63. The number of hydrogen-bond donors (Lipinski definition) is 1. The highest BCUT2D eigenvalue weighted by Crippen LogP contribution is 2.34. The van der Waals surface area contributed by atoms with E-state index in [2.05, 4.69) is 39.9 Å². The van der Waals surface area contributed by atoms with Crippen LogP contribution in [0.25, 0.3) is 0 Å². The van der Waals surface area contributed by atoms with Crippen LogP contribution in [0.2, 0.25) is 0 Å². The molecule has 106 valence electrons. The van der Waals surface area contributed by atoms with Gasteiger partial charge in [-0.1, -0.05) is 34.6 Å². The van der Waals surface area contributed by atoms with Crippen LogP contribution in [0.5, 0.6) is 0 Å². The molecule has 1 unspecified atom stereocenters. The van der Waals surface area contributed by atoms with E-state index < -0.39 is 0 Å². The van der Waals surface area contributed by atoms with Gasteiger partial charge in [0, 0.05) is 32.1 Å². The van der Waals surface area contributed by atoms with E-state index in [1.807, 2.05) is 4.90 Å². The van der Waals surface area contributed by atoms with Crippen molar-refractivity contribution >= 4 is 5.91 Å². The Kier molecular flexibility index (Phi) is 5.64. The van der Waals surface area contributed by atoms with Crippen molar-refractivity contribution in [1.82, 2.24) is 10.2 Å². The van der Waals surface area contributed by atoms with Crippen LogP contribution in [0.4, 0.5) is 0 Å². The van der Waals surface area contributed by atoms with Gasteiger partial charge in [-0.05, 0) is 24.2 Å². The Labute approximate surface area is 112 Å². The Morgan fingerprint density at radius 1 is 1.33 bits per heavy atom. The minimum atomic E-state index is 0.326. The molecule has 3 heteroatoms. The van der Waals surface area contributed by atoms with E-state index in [4.69, 9.17) is 0 Å². The molecule has 1 heterocycles. The van der Waals surface area contributed by atoms with E-state index in [1.54, 1.807) is 0 Å². The minimum Gasteiger partial charge on any atom is -0.341 e. The first kappa shape index (κ1) is 15.5. The lowest BCUT2D eigenvalue weighted by molar-refractivity contribution is -0.130. The van der Waals surface area contributed by atoms with E-state index in [1.165, 1.54) is 0 Å². The van der Waals surface area contributed by atoms with Crippen LogP contribution in [0, 0.1) is 11.3 Å². The van der Waals surface area contributed by atoms with Gasteiger partial charge >= 0.3 is 0 Å². The second kappa shape index (κ2) is 6.55. The summed E-state index contributed by atoms with van der Waals surface area (Å²) in [7, 11) is 0. The van der Waals surface area contributed by atoms with Gasteiger partial charge in [0.25, 0.3) is 0 Å². The molecule has 0 spiro atoms. The molecule has 0 aromatic carbocycles. The summed E-state index contributed by atoms with van der Waals surface area (Å²) in [4.78, 5) is 14.1. The van der Waals surface area contributed by atoms with Crippen LogP contribution in [0.15, 0.2) is 0 Å². The van der Waals surface area contributed by atoms with Gasteiger partial charge in [-0.3, -0.25) is 4.79 Å². The number of rotatable bonds is 4. The van der Waals surface area contributed by atoms with Crippen LogP contribution < -0.4 is 5.32 Å². The van der Waals surface area contributed by atoms with E-state index in [0.717, 1.165) is 38.9 Å². The predicted molar refractivity (Wildman–Crippen MR) is 76.5 cm³/mol. The van der Waals surface area contributed by atoms with Crippen LogP contribution in [-0.4, -0.2) is 36.5 Å². The van der Waals surface area contributed by atoms with Gasteiger partial charge in [0.1, 0.15) is 0 Å². The van der Waals surface area contributed by atoms with Crippen molar-refractivity contribution in [2.24, 2.45) is 11.3 Å². The third kappa shape index (κ3) is 4.97. The molecule has 1 rings (SSSR count). The maximum absolute atomic E-state index is 12.1. The van der Waals surface area contributed by atoms with Crippen molar-refractivity contribution in [2.45, 2.75) is 59.9 Å². The quantitative estimate of drug-likeness (QED) is 0.836. The molecule has 3 nitrogen and oxygen atoms in total. The van der Waals surface area contributed by atoms with Crippen molar-refractivity contribution in [3.8, 4) is 0 Å². The average molecular weight is 254 g/mol. The largest absolute Gasteiger partial charge is 0.341 e. The van der Waals surface area contributed by atoms with E-state index in [9.17, 15) is 4.79 Å². The Morgan fingerprint density at radius 3 is 2.56 bits per heavy atom. The molecule has 0 aromatic heterocycles. The van der Waals surface area contributed by atoms with Crippen molar-refractivity contribution in [3.05, 3.63) is 0 Å². The molecule has 0 bridgehead atoms. The van der Waals surface area contributed by atoms with Crippen molar-refractivity contribution in [1.29, 1.82) is 0 Å². The first-order valence-electron chi connectivity index (χ1n) is 7.32. The topological polar surface area (TPSA) is 32.3 Å². The summed E-state index contributed by atoms with van der Waals surface area (Å²) in [5.74, 6) is 1.01. The van der Waals surface area contributed by atoms with Crippen LogP contribution in [0.1, 0.15) is 53.9 Å². The zero-order chi connectivity index (χ0) is 13.8. The second-order valence-electron chi connectivity index (χ2n) is 6.88. The van der Waals surface area contributed by atoms with Gasteiger partial charge in [0.15, 0.2) is 0 Å². The van der Waals surface area contributed by atoms with Crippen molar-refractivity contribution < 1.29 is 4.79 Å². The van der Waals surface area contributed by atoms with E-state index in [-0.39, 0.29) is 0 Å². The Morgan fingerprint density at radius 2 is 2.00 bits per heavy atom. The van der Waals surface area contributed by atoms with Crippen LogP contribution in [0.3, 0.4) is 0 Å². The maximum Gasteiger partial charge on any atom is 0.222 e. The molecule has 1 saturated heterocycles. The Balaban J connectivity index is 2.44. The Bertz CT molecular complexity index is 268. The molecule has 1 amide bonds. The standard InChI is InChI=1S/C15H30N2O/c1-12(2)16-9-11-17-10-8-13(15(3,4)5)6-7-14(17)18/h12-13,16H,6-11H2,1-5H3. The zero-order valence-electron chi connectivity index (χ0n) is 12.8. The number of likely N-dealkylation sites (tertiary alicyclic amines) is 1. The summed E-state index contributed by atoms with van der Waals surface area (Å²) in [6, 6.07) is 0.495. The molecule has 0 saturated carbocycles. The predicted octanol–water partition coefficient (Wildman–Crippen LogP) is 2.66. The highest BCUT2D eigenvalue weighted by molar-refractivity contribution is 5.76. The molecule has 1 N–H and O–H groups in total. The summed E-state index contributed by atoms with van der Waals surface area (Å²) in [6.07, 6.45) is 2.93. The molecular weight excluding hydrogens is 224 g/mol. The number of nitrogens with one attached hydrogen (secondary N) is 1. The monoisotopic (exact) mass is 254 g/mol. The molecule has 1 atom stereocenters. The van der Waals surface area contributed by atoms with E-state index in [0.29, 0.717) is 23.3 Å². The normalized spacial score (nSPS) is 22.4. The van der Waals surface area contributed by atoms with Crippen LogP contribution >= 0.6 is 0 Å². The summed E-state index contributed by atoms with van der Waals surface area (Å²) >= 11 is 0. The second-order valence-corrected chi connectivity index (χ2v) is 6.88. The average Bonchev–Trinajstić information content (AvgIpc) is 2.40. The fraction of sp³-hybridized carbons (Fsp3) is 0.933. The summed E-state index contributed by atoms with van der Waals surface area (Å²) in [5.41, 5.74) is 0.326.